The summed E-state index contributed by atoms with van der Waals surface area (Å²) in [5, 5.41) is 0. The smallest absolute Gasteiger partial charge is 0.122 e. The molecular weight excluding hydrogens is 210 g/mol. The minimum Gasteiger partial charge on any atom is -0.493 e. The summed E-state index contributed by atoms with van der Waals surface area (Å²) in [6, 6.07) is 8.69. The first kappa shape index (κ1) is 12.4. The van der Waals surface area contributed by atoms with Gasteiger partial charge in [0.25, 0.3) is 0 Å². The first-order valence-electron chi connectivity index (χ1n) is 6.64. The van der Waals surface area contributed by atoms with Gasteiger partial charge in [-0.25, -0.2) is 0 Å². The Morgan fingerprint density at radius 3 is 2.88 bits per heavy atom. The second-order valence-electron chi connectivity index (χ2n) is 5.50. The maximum Gasteiger partial charge on any atom is 0.122 e. The fourth-order valence-corrected chi connectivity index (χ4v) is 2.73. The molecule has 1 heterocycles. The van der Waals surface area contributed by atoms with E-state index >= 15 is 0 Å². The monoisotopic (exact) mass is 233 g/mol. The van der Waals surface area contributed by atoms with Gasteiger partial charge in [-0.15, -0.1) is 0 Å². The van der Waals surface area contributed by atoms with Crippen molar-refractivity contribution in [3.8, 4) is 5.75 Å². The molecule has 0 radical (unpaired) electrons. The molecule has 17 heavy (non-hydrogen) atoms. The van der Waals surface area contributed by atoms with Crippen molar-refractivity contribution in [2.75, 3.05) is 6.61 Å². The molecule has 0 spiro atoms. The van der Waals surface area contributed by atoms with E-state index in [0.29, 0.717) is 17.9 Å². The van der Waals surface area contributed by atoms with Crippen LogP contribution in [-0.2, 0) is 0 Å². The van der Waals surface area contributed by atoms with Gasteiger partial charge in [0.2, 0.25) is 0 Å². The van der Waals surface area contributed by atoms with Crippen molar-refractivity contribution >= 4 is 0 Å². The molecular formula is C15H23NO. The zero-order chi connectivity index (χ0) is 12.3. The van der Waals surface area contributed by atoms with Gasteiger partial charge in [0, 0.05) is 6.04 Å². The Morgan fingerprint density at radius 1 is 1.35 bits per heavy atom. The van der Waals surface area contributed by atoms with Crippen LogP contribution in [0.3, 0.4) is 0 Å². The van der Waals surface area contributed by atoms with E-state index in [1.165, 1.54) is 5.56 Å². The number of hydrogen-bond donors (Lipinski definition) is 1. The molecule has 0 aromatic heterocycles. The van der Waals surface area contributed by atoms with Crippen LogP contribution in [-0.4, -0.2) is 12.6 Å². The quantitative estimate of drug-likeness (QED) is 0.866. The molecule has 1 aliphatic rings. The highest BCUT2D eigenvalue weighted by molar-refractivity contribution is 5.37. The summed E-state index contributed by atoms with van der Waals surface area (Å²) >= 11 is 0. The minimum atomic E-state index is 0.311. The summed E-state index contributed by atoms with van der Waals surface area (Å²) in [6.45, 7) is 5.30. The third-order valence-corrected chi connectivity index (χ3v) is 3.44. The summed E-state index contributed by atoms with van der Waals surface area (Å²) in [4.78, 5) is 0. The number of nitrogens with two attached hydrogens (primary N) is 1. The highest BCUT2D eigenvalue weighted by atomic mass is 16.5. The molecule has 2 nitrogen and oxygen atoms in total. The van der Waals surface area contributed by atoms with Crippen molar-refractivity contribution in [1.82, 2.24) is 0 Å². The van der Waals surface area contributed by atoms with Crippen molar-refractivity contribution in [3.05, 3.63) is 29.8 Å². The van der Waals surface area contributed by atoms with Gasteiger partial charge in [-0.2, -0.15) is 0 Å². The van der Waals surface area contributed by atoms with Gasteiger partial charge in [-0.05, 0) is 42.7 Å². The lowest BCUT2D eigenvalue weighted by molar-refractivity contribution is 0.256. The molecule has 2 heteroatoms. The van der Waals surface area contributed by atoms with Gasteiger partial charge in [0.1, 0.15) is 5.75 Å². The minimum absolute atomic E-state index is 0.311. The molecule has 0 fully saturated rings. The van der Waals surface area contributed by atoms with E-state index in [9.17, 15) is 0 Å². The Labute approximate surface area is 104 Å². The topological polar surface area (TPSA) is 35.2 Å². The van der Waals surface area contributed by atoms with E-state index in [4.69, 9.17) is 10.5 Å². The van der Waals surface area contributed by atoms with Gasteiger partial charge in [0.05, 0.1) is 6.61 Å². The average Bonchev–Trinajstić information content (AvgIpc) is 2.28. The van der Waals surface area contributed by atoms with Crippen LogP contribution in [0.15, 0.2) is 24.3 Å². The van der Waals surface area contributed by atoms with Crippen molar-refractivity contribution < 1.29 is 4.74 Å². The van der Waals surface area contributed by atoms with Gasteiger partial charge < -0.3 is 10.5 Å². The molecule has 0 aliphatic carbocycles. The number of hydrogen-bond acceptors (Lipinski definition) is 2. The molecule has 2 rings (SSSR count). The van der Waals surface area contributed by atoms with E-state index in [2.05, 4.69) is 32.0 Å². The summed E-state index contributed by atoms with van der Waals surface area (Å²) in [7, 11) is 0. The first-order chi connectivity index (χ1) is 8.16. The van der Waals surface area contributed by atoms with Gasteiger partial charge in [-0.3, -0.25) is 0 Å². The lowest BCUT2D eigenvalue weighted by Crippen LogP contribution is -2.27. The SMILES string of the molecule is CC(C)CC(N)CC1CCOc2ccccc21. The lowest BCUT2D eigenvalue weighted by Gasteiger charge is -2.28. The van der Waals surface area contributed by atoms with Crippen LogP contribution in [0.25, 0.3) is 0 Å². The van der Waals surface area contributed by atoms with Gasteiger partial charge in [-0.1, -0.05) is 32.0 Å². The van der Waals surface area contributed by atoms with Crippen LogP contribution in [0, 0.1) is 5.92 Å². The van der Waals surface area contributed by atoms with E-state index < -0.39 is 0 Å². The van der Waals surface area contributed by atoms with Crippen LogP contribution in [0.2, 0.25) is 0 Å². The number of benzene rings is 1. The van der Waals surface area contributed by atoms with Crippen LogP contribution < -0.4 is 10.5 Å². The molecule has 94 valence electrons. The Balaban J connectivity index is 2.03. The molecule has 0 bridgehead atoms. The van der Waals surface area contributed by atoms with Crippen LogP contribution in [0.1, 0.15) is 44.6 Å². The molecule has 0 saturated carbocycles. The standard InChI is InChI=1S/C15H23NO/c1-11(2)9-13(16)10-12-7-8-17-15-6-4-3-5-14(12)15/h3-6,11-13H,7-10,16H2,1-2H3. The molecule has 1 aromatic carbocycles. The fraction of sp³-hybridized carbons (Fsp3) is 0.600. The molecule has 1 aliphatic heterocycles. The Bertz CT molecular complexity index is 362. The van der Waals surface area contributed by atoms with Gasteiger partial charge in [0.15, 0.2) is 0 Å². The average molecular weight is 233 g/mol. The normalized spacial score (nSPS) is 20.8. The Kier molecular flexibility index (Phi) is 4.06. The van der Waals surface area contributed by atoms with Crippen molar-refractivity contribution in [1.29, 1.82) is 0 Å². The van der Waals surface area contributed by atoms with E-state index in [-0.39, 0.29) is 0 Å². The second-order valence-corrected chi connectivity index (χ2v) is 5.50. The Hall–Kier alpha value is -1.02. The highest BCUT2D eigenvalue weighted by Gasteiger charge is 2.23. The predicted molar refractivity (Wildman–Crippen MR) is 71.3 cm³/mol. The maximum atomic E-state index is 6.22. The summed E-state index contributed by atoms with van der Waals surface area (Å²) in [6.07, 6.45) is 3.29. The summed E-state index contributed by atoms with van der Waals surface area (Å²) in [5.74, 6) is 2.31. The third-order valence-electron chi connectivity index (χ3n) is 3.44. The van der Waals surface area contributed by atoms with Crippen molar-refractivity contribution in [3.63, 3.8) is 0 Å². The Morgan fingerprint density at radius 2 is 2.12 bits per heavy atom. The number of rotatable bonds is 4. The third kappa shape index (κ3) is 3.22. The summed E-state index contributed by atoms with van der Waals surface area (Å²) in [5.41, 5.74) is 7.57. The van der Waals surface area contributed by atoms with E-state index in [1.807, 2.05) is 6.07 Å². The van der Waals surface area contributed by atoms with E-state index in [0.717, 1.165) is 31.6 Å². The maximum absolute atomic E-state index is 6.22. The molecule has 2 atom stereocenters. The highest BCUT2D eigenvalue weighted by Crippen LogP contribution is 2.36. The second kappa shape index (κ2) is 5.54. The molecule has 0 saturated heterocycles. The van der Waals surface area contributed by atoms with Crippen LogP contribution in [0.5, 0.6) is 5.75 Å². The van der Waals surface area contributed by atoms with Crippen LogP contribution in [0.4, 0.5) is 0 Å². The number of fused-ring (bicyclic) bond motifs is 1. The first-order valence-corrected chi connectivity index (χ1v) is 6.64. The molecule has 2 N–H and O–H groups in total. The van der Waals surface area contributed by atoms with Crippen molar-refractivity contribution in [2.24, 2.45) is 11.7 Å². The number of para-hydroxylation sites is 1. The predicted octanol–water partition coefficient (Wildman–Crippen LogP) is 3.32. The fourth-order valence-electron chi connectivity index (χ4n) is 2.73. The largest absolute Gasteiger partial charge is 0.493 e. The van der Waals surface area contributed by atoms with E-state index in [1.54, 1.807) is 0 Å². The number of ether oxygens (including phenoxy) is 1. The molecule has 1 aromatic rings. The van der Waals surface area contributed by atoms with Crippen molar-refractivity contribution in [2.45, 2.75) is 45.1 Å². The lowest BCUT2D eigenvalue weighted by atomic mass is 9.85. The molecule has 0 amide bonds. The van der Waals surface area contributed by atoms with Gasteiger partial charge >= 0.3 is 0 Å². The zero-order valence-corrected chi connectivity index (χ0v) is 10.9. The summed E-state index contributed by atoms with van der Waals surface area (Å²) < 4.78 is 5.68. The molecule has 2 unspecified atom stereocenters. The zero-order valence-electron chi connectivity index (χ0n) is 10.9. The van der Waals surface area contributed by atoms with Crippen LogP contribution >= 0.6 is 0 Å².